The van der Waals surface area contributed by atoms with Gasteiger partial charge in [0.2, 0.25) is 0 Å². The van der Waals surface area contributed by atoms with E-state index in [0.29, 0.717) is 0 Å². The first-order valence-corrected chi connectivity index (χ1v) is 5.14. The van der Waals surface area contributed by atoms with Gasteiger partial charge in [-0.3, -0.25) is 0 Å². The molecule has 74 valence electrons. The van der Waals surface area contributed by atoms with E-state index in [4.69, 9.17) is 4.42 Å². The van der Waals surface area contributed by atoms with E-state index >= 15 is 0 Å². The maximum absolute atomic E-state index is 5.79. The molecule has 0 atom stereocenters. The van der Waals surface area contributed by atoms with Gasteiger partial charge in [0.1, 0.15) is 11.2 Å². The summed E-state index contributed by atoms with van der Waals surface area (Å²) in [6.45, 7) is 4.25. The van der Waals surface area contributed by atoms with E-state index in [1.54, 1.807) is 0 Å². The number of hydrogen-bond acceptors (Lipinski definition) is 1. The lowest BCUT2D eigenvalue weighted by Gasteiger charge is -1.97. The highest BCUT2D eigenvalue weighted by Crippen LogP contribution is 2.30. The molecule has 1 aromatic heterocycles. The quantitative estimate of drug-likeness (QED) is 0.525. The molecule has 0 saturated heterocycles. The average Bonchev–Trinajstić information content (AvgIpc) is 2.57. The van der Waals surface area contributed by atoms with Crippen LogP contribution in [0.25, 0.3) is 21.9 Å². The molecule has 1 heteroatoms. The Hall–Kier alpha value is -1.76. The third-order valence-electron chi connectivity index (χ3n) is 2.99. The van der Waals surface area contributed by atoms with Gasteiger partial charge >= 0.3 is 0 Å². The van der Waals surface area contributed by atoms with Crippen LogP contribution in [0.3, 0.4) is 0 Å². The second-order valence-electron chi connectivity index (χ2n) is 4.03. The highest BCUT2D eigenvalue weighted by Gasteiger charge is 2.06. The van der Waals surface area contributed by atoms with Crippen molar-refractivity contribution in [3.05, 3.63) is 47.5 Å². The number of furan rings is 1. The highest BCUT2D eigenvalue weighted by atomic mass is 16.3. The summed E-state index contributed by atoms with van der Waals surface area (Å²) in [5.41, 5.74) is 4.55. The number of benzene rings is 2. The van der Waals surface area contributed by atoms with Crippen molar-refractivity contribution in [1.29, 1.82) is 0 Å². The SMILES string of the molecule is Cc1cc2oc3ccccc3c2cc1C. The van der Waals surface area contributed by atoms with Gasteiger partial charge in [-0.2, -0.15) is 0 Å². The molecular weight excluding hydrogens is 184 g/mol. The zero-order valence-corrected chi connectivity index (χ0v) is 8.87. The first-order valence-electron chi connectivity index (χ1n) is 5.14. The fourth-order valence-corrected chi connectivity index (χ4v) is 1.98. The smallest absolute Gasteiger partial charge is 0.135 e. The molecule has 0 amide bonds. The number of hydrogen-bond donors (Lipinski definition) is 0. The molecule has 0 spiro atoms. The van der Waals surface area contributed by atoms with Crippen molar-refractivity contribution in [2.45, 2.75) is 13.8 Å². The van der Waals surface area contributed by atoms with Gasteiger partial charge in [0, 0.05) is 10.8 Å². The Labute approximate surface area is 88.3 Å². The maximum atomic E-state index is 5.79. The minimum absolute atomic E-state index is 0.970. The molecule has 0 bridgehead atoms. The Morgan fingerprint density at radius 2 is 1.53 bits per heavy atom. The van der Waals surface area contributed by atoms with Gasteiger partial charge in [0.05, 0.1) is 0 Å². The molecule has 3 rings (SSSR count). The van der Waals surface area contributed by atoms with Crippen molar-refractivity contribution in [3.63, 3.8) is 0 Å². The summed E-state index contributed by atoms with van der Waals surface area (Å²) in [6.07, 6.45) is 0. The second-order valence-corrected chi connectivity index (χ2v) is 4.03. The number of aryl methyl sites for hydroxylation is 2. The minimum Gasteiger partial charge on any atom is -0.456 e. The van der Waals surface area contributed by atoms with Crippen LogP contribution >= 0.6 is 0 Å². The lowest BCUT2D eigenvalue weighted by molar-refractivity contribution is 0.668. The van der Waals surface area contributed by atoms with Gasteiger partial charge in [-0.05, 0) is 43.2 Å². The third-order valence-corrected chi connectivity index (χ3v) is 2.99. The van der Waals surface area contributed by atoms with Crippen molar-refractivity contribution in [2.75, 3.05) is 0 Å². The summed E-state index contributed by atoms with van der Waals surface area (Å²) >= 11 is 0. The van der Waals surface area contributed by atoms with E-state index in [0.717, 1.165) is 11.2 Å². The fraction of sp³-hybridized carbons (Fsp3) is 0.143. The Morgan fingerprint density at radius 3 is 2.40 bits per heavy atom. The Balaban J connectivity index is 2.56. The van der Waals surface area contributed by atoms with E-state index < -0.39 is 0 Å². The Morgan fingerprint density at radius 1 is 0.800 bits per heavy atom. The predicted molar refractivity (Wildman–Crippen MR) is 63.2 cm³/mol. The zero-order chi connectivity index (χ0) is 10.4. The Kier molecular flexibility index (Phi) is 1.63. The first-order chi connectivity index (χ1) is 7.25. The molecule has 0 aliphatic carbocycles. The normalized spacial score (nSPS) is 11.3. The van der Waals surface area contributed by atoms with E-state index in [9.17, 15) is 0 Å². The number of fused-ring (bicyclic) bond motifs is 3. The van der Waals surface area contributed by atoms with Crippen LogP contribution in [0.15, 0.2) is 40.8 Å². The first kappa shape index (κ1) is 8.54. The Bertz CT molecular complexity index is 647. The fourth-order valence-electron chi connectivity index (χ4n) is 1.98. The van der Waals surface area contributed by atoms with Crippen LogP contribution in [0.5, 0.6) is 0 Å². The second kappa shape index (κ2) is 2.86. The largest absolute Gasteiger partial charge is 0.456 e. The van der Waals surface area contributed by atoms with Crippen molar-refractivity contribution in [3.8, 4) is 0 Å². The summed E-state index contributed by atoms with van der Waals surface area (Å²) in [4.78, 5) is 0. The summed E-state index contributed by atoms with van der Waals surface area (Å²) in [6, 6.07) is 12.5. The summed E-state index contributed by atoms with van der Waals surface area (Å²) in [5, 5.41) is 2.42. The van der Waals surface area contributed by atoms with Gasteiger partial charge in [-0.1, -0.05) is 18.2 Å². The molecule has 1 heterocycles. The molecule has 1 nitrogen and oxygen atoms in total. The molecule has 0 saturated carbocycles. The predicted octanol–water partition coefficient (Wildman–Crippen LogP) is 4.20. The zero-order valence-electron chi connectivity index (χ0n) is 8.87. The van der Waals surface area contributed by atoms with Gasteiger partial charge in [-0.25, -0.2) is 0 Å². The topological polar surface area (TPSA) is 13.1 Å². The minimum atomic E-state index is 0.970. The van der Waals surface area contributed by atoms with Crippen molar-refractivity contribution in [1.82, 2.24) is 0 Å². The van der Waals surface area contributed by atoms with Crippen molar-refractivity contribution >= 4 is 21.9 Å². The molecule has 2 aromatic carbocycles. The van der Waals surface area contributed by atoms with Gasteiger partial charge in [0.15, 0.2) is 0 Å². The maximum Gasteiger partial charge on any atom is 0.135 e. The summed E-state index contributed by atoms with van der Waals surface area (Å²) < 4.78 is 5.79. The van der Waals surface area contributed by atoms with Crippen LogP contribution < -0.4 is 0 Å². The van der Waals surface area contributed by atoms with Crippen LogP contribution in [0.2, 0.25) is 0 Å². The van der Waals surface area contributed by atoms with E-state index in [2.05, 4.69) is 32.0 Å². The lowest BCUT2D eigenvalue weighted by atomic mass is 10.1. The molecule has 0 radical (unpaired) electrons. The molecule has 0 N–H and O–H groups in total. The van der Waals surface area contributed by atoms with E-state index in [1.807, 2.05) is 18.2 Å². The van der Waals surface area contributed by atoms with Crippen LogP contribution in [0, 0.1) is 13.8 Å². The molecule has 3 aromatic rings. The van der Waals surface area contributed by atoms with Gasteiger partial charge in [-0.15, -0.1) is 0 Å². The summed E-state index contributed by atoms with van der Waals surface area (Å²) in [7, 11) is 0. The molecular formula is C14H12O. The van der Waals surface area contributed by atoms with Crippen LogP contribution in [0.4, 0.5) is 0 Å². The monoisotopic (exact) mass is 196 g/mol. The molecule has 0 aliphatic heterocycles. The van der Waals surface area contributed by atoms with Crippen molar-refractivity contribution in [2.24, 2.45) is 0 Å². The van der Waals surface area contributed by atoms with E-state index in [-0.39, 0.29) is 0 Å². The summed E-state index contributed by atoms with van der Waals surface area (Å²) in [5.74, 6) is 0. The van der Waals surface area contributed by atoms with Crippen LogP contribution in [0.1, 0.15) is 11.1 Å². The average molecular weight is 196 g/mol. The third kappa shape index (κ3) is 1.16. The van der Waals surface area contributed by atoms with Crippen molar-refractivity contribution < 1.29 is 4.42 Å². The lowest BCUT2D eigenvalue weighted by Crippen LogP contribution is -1.78. The highest BCUT2D eigenvalue weighted by molar-refractivity contribution is 6.05. The number of para-hydroxylation sites is 1. The van der Waals surface area contributed by atoms with Crippen LogP contribution in [-0.4, -0.2) is 0 Å². The number of rotatable bonds is 0. The molecule has 0 fully saturated rings. The molecule has 0 unspecified atom stereocenters. The standard InChI is InChI=1S/C14H12O/c1-9-7-12-11-5-3-4-6-13(11)15-14(12)8-10(9)2/h3-8H,1-2H3. The van der Waals surface area contributed by atoms with Gasteiger partial charge < -0.3 is 4.42 Å². The van der Waals surface area contributed by atoms with E-state index in [1.165, 1.54) is 21.9 Å². The molecule has 15 heavy (non-hydrogen) atoms. The van der Waals surface area contributed by atoms with Gasteiger partial charge in [0.25, 0.3) is 0 Å². The molecule has 0 aliphatic rings. The van der Waals surface area contributed by atoms with Crippen LogP contribution in [-0.2, 0) is 0 Å².